The molecule has 1 atom stereocenters. The highest BCUT2D eigenvalue weighted by atomic mass is 35.5. The molecule has 0 aromatic carbocycles. The Morgan fingerprint density at radius 2 is 2.24 bits per heavy atom. The van der Waals surface area contributed by atoms with Gasteiger partial charge in [-0.3, -0.25) is 14.6 Å². The molecule has 112 valence electrons. The van der Waals surface area contributed by atoms with E-state index in [1.54, 1.807) is 4.68 Å². The molecule has 3 rings (SSSR count). The zero-order valence-electron chi connectivity index (χ0n) is 12.6. The lowest BCUT2D eigenvalue weighted by atomic mass is 10.1. The molecule has 0 spiro atoms. The maximum atomic E-state index is 6.44. The fraction of sp³-hybridized carbons (Fsp3) is 0.500. The summed E-state index contributed by atoms with van der Waals surface area (Å²) in [5.41, 5.74) is 3.41. The Balaban J connectivity index is 1.73. The lowest BCUT2D eigenvalue weighted by Crippen LogP contribution is -2.26. The fourth-order valence-electron chi connectivity index (χ4n) is 3.25. The van der Waals surface area contributed by atoms with E-state index >= 15 is 0 Å². The van der Waals surface area contributed by atoms with Crippen LogP contribution in [0, 0.1) is 6.92 Å². The minimum absolute atomic E-state index is 0.398. The topological polar surface area (TPSA) is 34.0 Å². The van der Waals surface area contributed by atoms with Crippen molar-refractivity contribution in [1.29, 1.82) is 0 Å². The molecule has 0 unspecified atom stereocenters. The Morgan fingerprint density at radius 1 is 1.38 bits per heavy atom. The maximum absolute atomic E-state index is 6.44. The Labute approximate surface area is 130 Å². The van der Waals surface area contributed by atoms with Crippen LogP contribution in [0.1, 0.15) is 35.8 Å². The van der Waals surface area contributed by atoms with Crippen LogP contribution in [0.5, 0.6) is 0 Å². The van der Waals surface area contributed by atoms with Crippen LogP contribution in [0.3, 0.4) is 0 Å². The summed E-state index contributed by atoms with van der Waals surface area (Å²) in [5.74, 6) is 0. The summed E-state index contributed by atoms with van der Waals surface area (Å²) in [4.78, 5) is 6.93. The molecule has 21 heavy (non-hydrogen) atoms. The number of aryl methyl sites for hydroxylation is 2. The van der Waals surface area contributed by atoms with Crippen molar-refractivity contribution in [3.63, 3.8) is 0 Å². The lowest BCUT2D eigenvalue weighted by Gasteiger charge is -2.24. The van der Waals surface area contributed by atoms with E-state index in [-0.39, 0.29) is 0 Å². The second kappa shape index (κ2) is 6.16. The Hall–Kier alpha value is -1.39. The second-order valence-electron chi connectivity index (χ2n) is 5.68. The Kier molecular flexibility index (Phi) is 4.27. The molecule has 1 aliphatic rings. The van der Waals surface area contributed by atoms with Crippen molar-refractivity contribution >= 4 is 11.6 Å². The largest absolute Gasteiger partial charge is 0.296 e. The summed E-state index contributed by atoms with van der Waals surface area (Å²) in [6.07, 6.45) is 5.22. The van der Waals surface area contributed by atoms with Gasteiger partial charge in [0.15, 0.2) is 0 Å². The summed E-state index contributed by atoms with van der Waals surface area (Å²) in [6, 6.07) is 6.50. The van der Waals surface area contributed by atoms with Gasteiger partial charge in [-0.2, -0.15) is 5.10 Å². The van der Waals surface area contributed by atoms with Crippen LogP contribution in [0.15, 0.2) is 24.4 Å². The van der Waals surface area contributed by atoms with E-state index < -0.39 is 0 Å². The number of rotatable bonds is 4. The zero-order chi connectivity index (χ0) is 14.8. The van der Waals surface area contributed by atoms with Gasteiger partial charge in [-0.25, -0.2) is 0 Å². The molecule has 0 radical (unpaired) electrons. The van der Waals surface area contributed by atoms with Crippen molar-refractivity contribution in [3.05, 3.63) is 46.5 Å². The summed E-state index contributed by atoms with van der Waals surface area (Å²) in [7, 11) is 1.91. The van der Waals surface area contributed by atoms with Gasteiger partial charge in [-0.05, 0) is 38.4 Å². The van der Waals surface area contributed by atoms with Gasteiger partial charge in [0, 0.05) is 43.5 Å². The van der Waals surface area contributed by atoms with Crippen LogP contribution in [0.4, 0.5) is 0 Å². The average molecular weight is 305 g/mol. The van der Waals surface area contributed by atoms with E-state index in [1.165, 1.54) is 12.0 Å². The van der Waals surface area contributed by atoms with E-state index in [0.29, 0.717) is 6.04 Å². The standard InChI is InChI=1S/C16H21ClN4/c1-12-15(16(17)20(2)19-12)14-7-5-10-21(14)11-8-13-6-3-4-9-18-13/h3-4,6,9,14H,5,7-8,10-11H2,1-2H3/t14-/m1/s1. The molecule has 1 saturated heterocycles. The molecular formula is C16H21ClN4. The minimum atomic E-state index is 0.398. The molecular weight excluding hydrogens is 284 g/mol. The van der Waals surface area contributed by atoms with Gasteiger partial charge < -0.3 is 0 Å². The number of aromatic nitrogens is 3. The third-order valence-corrected chi connectivity index (χ3v) is 4.72. The van der Waals surface area contributed by atoms with Gasteiger partial charge in [0.2, 0.25) is 0 Å². The first-order valence-electron chi connectivity index (χ1n) is 7.50. The van der Waals surface area contributed by atoms with Crippen molar-refractivity contribution < 1.29 is 0 Å². The van der Waals surface area contributed by atoms with E-state index in [2.05, 4.69) is 28.0 Å². The monoisotopic (exact) mass is 304 g/mol. The maximum Gasteiger partial charge on any atom is 0.131 e. The highest BCUT2D eigenvalue weighted by molar-refractivity contribution is 6.30. The molecule has 5 heteroatoms. The number of pyridine rings is 1. The van der Waals surface area contributed by atoms with Crippen molar-refractivity contribution in [2.75, 3.05) is 13.1 Å². The van der Waals surface area contributed by atoms with Gasteiger partial charge in [0.05, 0.1) is 5.69 Å². The molecule has 0 N–H and O–H groups in total. The second-order valence-corrected chi connectivity index (χ2v) is 6.04. The van der Waals surface area contributed by atoms with Crippen molar-refractivity contribution in [1.82, 2.24) is 19.7 Å². The predicted octanol–water partition coefficient (Wildman–Crippen LogP) is 3.16. The van der Waals surface area contributed by atoms with Crippen LogP contribution >= 0.6 is 11.6 Å². The number of likely N-dealkylation sites (tertiary alicyclic amines) is 1. The van der Waals surface area contributed by atoms with E-state index in [9.17, 15) is 0 Å². The third-order valence-electron chi connectivity index (χ3n) is 4.27. The molecule has 0 bridgehead atoms. The number of halogens is 1. The number of nitrogens with zero attached hydrogens (tertiary/aromatic N) is 4. The third kappa shape index (κ3) is 2.97. The Morgan fingerprint density at radius 3 is 2.90 bits per heavy atom. The zero-order valence-corrected chi connectivity index (χ0v) is 13.3. The van der Waals surface area contributed by atoms with Gasteiger partial charge in [-0.15, -0.1) is 0 Å². The van der Waals surface area contributed by atoms with Crippen LogP contribution in [0.25, 0.3) is 0 Å². The summed E-state index contributed by atoms with van der Waals surface area (Å²) in [6.45, 7) is 4.20. The molecule has 0 amide bonds. The molecule has 3 heterocycles. The smallest absolute Gasteiger partial charge is 0.131 e. The Bertz CT molecular complexity index is 608. The fourth-order valence-corrected chi connectivity index (χ4v) is 3.55. The van der Waals surface area contributed by atoms with Gasteiger partial charge in [-0.1, -0.05) is 17.7 Å². The molecule has 2 aromatic heterocycles. The minimum Gasteiger partial charge on any atom is -0.296 e. The van der Waals surface area contributed by atoms with Gasteiger partial charge in [0.1, 0.15) is 5.15 Å². The van der Waals surface area contributed by atoms with Gasteiger partial charge >= 0.3 is 0 Å². The van der Waals surface area contributed by atoms with E-state index in [4.69, 9.17) is 11.6 Å². The molecule has 0 aliphatic carbocycles. The molecule has 2 aromatic rings. The van der Waals surface area contributed by atoms with Crippen LogP contribution in [-0.4, -0.2) is 32.8 Å². The first kappa shape index (κ1) is 14.5. The predicted molar refractivity (Wildman–Crippen MR) is 84.4 cm³/mol. The van der Waals surface area contributed by atoms with Crippen molar-refractivity contribution in [3.8, 4) is 0 Å². The first-order chi connectivity index (χ1) is 10.2. The van der Waals surface area contributed by atoms with Crippen LogP contribution < -0.4 is 0 Å². The highest BCUT2D eigenvalue weighted by Crippen LogP contribution is 2.37. The average Bonchev–Trinajstić information content (AvgIpc) is 3.03. The van der Waals surface area contributed by atoms with Gasteiger partial charge in [0.25, 0.3) is 0 Å². The first-order valence-corrected chi connectivity index (χ1v) is 7.87. The summed E-state index contributed by atoms with van der Waals surface area (Å²) >= 11 is 6.44. The molecule has 0 saturated carbocycles. The SMILES string of the molecule is Cc1nn(C)c(Cl)c1[C@H]1CCCN1CCc1ccccn1. The highest BCUT2D eigenvalue weighted by Gasteiger charge is 2.30. The number of hydrogen-bond donors (Lipinski definition) is 0. The molecule has 1 aliphatic heterocycles. The van der Waals surface area contributed by atoms with Crippen LogP contribution in [0.2, 0.25) is 5.15 Å². The normalized spacial score (nSPS) is 19.3. The summed E-state index contributed by atoms with van der Waals surface area (Å²) in [5, 5.41) is 5.23. The molecule has 1 fully saturated rings. The van der Waals surface area contributed by atoms with E-state index in [1.807, 2.05) is 25.4 Å². The summed E-state index contributed by atoms with van der Waals surface area (Å²) < 4.78 is 1.78. The van der Waals surface area contributed by atoms with Crippen molar-refractivity contribution in [2.45, 2.75) is 32.2 Å². The van der Waals surface area contributed by atoms with Crippen molar-refractivity contribution in [2.24, 2.45) is 7.05 Å². The lowest BCUT2D eigenvalue weighted by molar-refractivity contribution is 0.259. The molecule has 4 nitrogen and oxygen atoms in total. The van der Waals surface area contributed by atoms with E-state index in [0.717, 1.165) is 42.5 Å². The quantitative estimate of drug-likeness (QED) is 0.870. The van der Waals surface area contributed by atoms with Crippen LogP contribution in [-0.2, 0) is 13.5 Å². The number of hydrogen-bond acceptors (Lipinski definition) is 3.